The first-order valence-corrected chi connectivity index (χ1v) is 10.2. The summed E-state index contributed by atoms with van der Waals surface area (Å²) >= 11 is 3.01. The van der Waals surface area contributed by atoms with Crippen molar-refractivity contribution in [3.8, 4) is 0 Å². The van der Waals surface area contributed by atoms with E-state index in [4.69, 9.17) is 0 Å². The molecule has 0 unspecified atom stereocenters. The van der Waals surface area contributed by atoms with Crippen molar-refractivity contribution in [3.05, 3.63) is 52.5 Å². The third kappa shape index (κ3) is 3.74. The van der Waals surface area contributed by atoms with Crippen molar-refractivity contribution in [3.63, 3.8) is 0 Å². The van der Waals surface area contributed by atoms with Crippen LogP contribution < -0.4 is 10.2 Å². The SMILES string of the molecule is Cn1c(Cc2cccs2)nnc1SCC(=O)N1CC(=O)Nc2ccccc21. The normalized spacial score (nSPS) is 13.4. The van der Waals surface area contributed by atoms with Gasteiger partial charge in [-0.3, -0.25) is 9.59 Å². The molecule has 3 heterocycles. The van der Waals surface area contributed by atoms with Crippen LogP contribution in [0.5, 0.6) is 0 Å². The number of rotatable bonds is 5. The zero-order chi connectivity index (χ0) is 18.8. The van der Waals surface area contributed by atoms with Gasteiger partial charge in [-0.05, 0) is 23.6 Å². The number of hydrogen-bond acceptors (Lipinski definition) is 6. The first kappa shape index (κ1) is 17.7. The summed E-state index contributed by atoms with van der Waals surface area (Å²) in [5.74, 6) is 0.719. The van der Waals surface area contributed by atoms with Crippen LogP contribution in [0.1, 0.15) is 10.7 Å². The van der Waals surface area contributed by atoms with Crippen molar-refractivity contribution < 1.29 is 9.59 Å². The van der Waals surface area contributed by atoms with Gasteiger partial charge in [-0.1, -0.05) is 30.0 Å². The molecule has 3 aromatic rings. The lowest BCUT2D eigenvalue weighted by atomic mass is 10.2. The van der Waals surface area contributed by atoms with Crippen LogP contribution >= 0.6 is 23.1 Å². The number of benzene rings is 1. The van der Waals surface area contributed by atoms with Crippen LogP contribution in [0, 0.1) is 0 Å². The first-order chi connectivity index (χ1) is 13.1. The Morgan fingerprint density at radius 2 is 2.11 bits per heavy atom. The van der Waals surface area contributed by atoms with Crippen molar-refractivity contribution in [2.45, 2.75) is 11.6 Å². The molecule has 1 N–H and O–H groups in total. The number of nitrogens with zero attached hydrogens (tertiary/aromatic N) is 4. The summed E-state index contributed by atoms with van der Waals surface area (Å²) < 4.78 is 1.91. The van der Waals surface area contributed by atoms with E-state index < -0.39 is 0 Å². The van der Waals surface area contributed by atoms with E-state index in [9.17, 15) is 9.59 Å². The number of carbonyl (C=O) groups is 2. The van der Waals surface area contributed by atoms with Gasteiger partial charge in [-0.15, -0.1) is 21.5 Å². The maximum atomic E-state index is 12.7. The van der Waals surface area contributed by atoms with Crippen LogP contribution in [0.4, 0.5) is 11.4 Å². The lowest BCUT2D eigenvalue weighted by Gasteiger charge is -2.28. The number of amides is 2. The number of hydrogen-bond donors (Lipinski definition) is 1. The van der Waals surface area contributed by atoms with Crippen molar-refractivity contribution >= 4 is 46.3 Å². The highest BCUT2D eigenvalue weighted by molar-refractivity contribution is 7.99. The van der Waals surface area contributed by atoms with E-state index in [-0.39, 0.29) is 24.1 Å². The van der Waals surface area contributed by atoms with Crippen LogP contribution in [0.2, 0.25) is 0 Å². The molecule has 0 radical (unpaired) electrons. The summed E-state index contributed by atoms with van der Waals surface area (Å²) in [5, 5.41) is 13.9. The Balaban J connectivity index is 1.44. The number of anilines is 2. The molecule has 0 saturated carbocycles. The number of aromatic nitrogens is 3. The summed E-state index contributed by atoms with van der Waals surface area (Å²) in [7, 11) is 1.90. The van der Waals surface area contributed by atoms with E-state index in [0.717, 1.165) is 17.9 Å². The Morgan fingerprint density at radius 1 is 1.26 bits per heavy atom. The molecule has 7 nitrogen and oxygen atoms in total. The van der Waals surface area contributed by atoms with Crippen molar-refractivity contribution in [1.82, 2.24) is 14.8 Å². The van der Waals surface area contributed by atoms with Gasteiger partial charge in [0.1, 0.15) is 12.4 Å². The van der Waals surface area contributed by atoms with E-state index >= 15 is 0 Å². The van der Waals surface area contributed by atoms with Crippen LogP contribution in [-0.4, -0.2) is 38.9 Å². The topological polar surface area (TPSA) is 80.1 Å². The largest absolute Gasteiger partial charge is 0.323 e. The smallest absolute Gasteiger partial charge is 0.244 e. The number of thiophene rings is 1. The molecule has 1 aromatic carbocycles. The Labute approximate surface area is 164 Å². The molecule has 27 heavy (non-hydrogen) atoms. The van der Waals surface area contributed by atoms with Gasteiger partial charge in [-0.25, -0.2) is 0 Å². The van der Waals surface area contributed by atoms with Crippen LogP contribution in [0.15, 0.2) is 46.9 Å². The zero-order valence-corrected chi connectivity index (χ0v) is 16.2. The Hall–Kier alpha value is -2.65. The van der Waals surface area contributed by atoms with Crippen LogP contribution in [0.3, 0.4) is 0 Å². The zero-order valence-electron chi connectivity index (χ0n) is 14.6. The second-order valence-corrected chi connectivity index (χ2v) is 8.02. The summed E-state index contributed by atoms with van der Waals surface area (Å²) in [5.41, 5.74) is 1.38. The number of thioether (sulfide) groups is 1. The fourth-order valence-electron chi connectivity index (χ4n) is 2.85. The van der Waals surface area contributed by atoms with Gasteiger partial charge in [0.2, 0.25) is 11.8 Å². The average molecular weight is 400 g/mol. The molecule has 0 bridgehead atoms. The van der Waals surface area contributed by atoms with Crippen molar-refractivity contribution in [2.24, 2.45) is 7.05 Å². The lowest BCUT2D eigenvalue weighted by molar-refractivity contribution is -0.120. The highest BCUT2D eigenvalue weighted by Crippen LogP contribution is 2.30. The summed E-state index contributed by atoms with van der Waals surface area (Å²) in [6.07, 6.45) is 0.718. The first-order valence-electron chi connectivity index (χ1n) is 8.34. The van der Waals surface area contributed by atoms with E-state index in [0.29, 0.717) is 10.8 Å². The summed E-state index contributed by atoms with van der Waals surface area (Å²) in [6, 6.07) is 11.4. The van der Waals surface area contributed by atoms with Gasteiger partial charge in [0.25, 0.3) is 0 Å². The number of carbonyl (C=O) groups excluding carboxylic acids is 2. The molecule has 1 aliphatic rings. The Morgan fingerprint density at radius 3 is 2.93 bits per heavy atom. The van der Waals surface area contributed by atoms with E-state index in [1.54, 1.807) is 17.4 Å². The quantitative estimate of drug-likeness (QED) is 0.667. The fraction of sp³-hybridized carbons (Fsp3) is 0.222. The summed E-state index contributed by atoms with van der Waals surface area (Å²) in [4.78, 5) is 27.3. The molecule has 138 valence electrons. The van der Waals surface area contributed by atoms with Gasteiger partial charge in [0.05, 0.1) is 17.1 Å². The molecule has 0 spiro atoms. The highest BCUT2D eigenvalue weighted by atomic mass is 32.2. The molecular weight excluding hydrogens is 382 g/mol. The van der Waals surface area contributed by atoms with Gasteiger partial charge >= 0.3 is 0 Å². The molecule has 0 aliphatic carbocycles. The second kappa shape index (κ2) is 7.53. The molecular formula is C18H17N5O2S2. The van der Waals surface area contributed by atoms with E-state index in [1.165, 1.54) is 21.5 Å². The number of nitrogens with one attached hydrogen (secondary N) is 1. The van der Waals surface area contributed by atoms with Crippen LogP contribution in [0.25, 0.3) is 0 Å². The third-order valence-electron chi connectivity index (χ3n) is 4.23. The van der Waals surface area contributed by atoms with E-state index in [2.05, 4.69) is 21.6 Å². The lowest BCUT2D eigenvalue weighted by Crippen LogP contribution is -2.43. The highest BCUT2D eigenvalue weighted by Gasteiger charge is 2.26. The molecule has 0 saturated heterocycles. The third-order valence-corrected chi connectivity index (χ3v) is 6.12. The predicted molar refractivity (Wildman–Crippen MR) is 106 cm³/mol. The molecule has 9 heteroatoms. The standard InChI is InChI=1S/C18H17N5O2S2/c1-22-15(9-12-5-4-8-26-12)20-21-18(22)27-11-17(25)23-10-16(24)19-13-6-2-3-7-14(13)23/h2-8H,9-11H2,1H3,(H,19,24). The molecule has 4 rings (SSSR count). The molecule has 2 amide bonds. The molecule has 0 fully saturated rings. The Kier molecular flexibility index (Phi) is 4.95. The maximum absolute atomic E-state index is 12.7. The maximum Gasteiger partial charge on any atom is 0.244 e. The Bertz CT molecular complexity index is 984. The second-order valence-electron chi connectivity index (χ2n) is 6.05. The summed E-state index contributed by atoms with van der Waals surface area (Å²) in [6.45, 7) is 0.0266. The van der Waals surface area contributed by atoms with Crippen molar-refractivity contribution in [2.75, 3.05) is 22.5 Å². The van der Waals surface area contributed by atoms with E-state index in [1.807, 2.05) is 41.3 Å². The van der Waals surface area contributed by atoms with Gasteiger partial charge in [0, 0.05) is 18.3 Å². The molecule has 0 atom stereocenters. The van der Waals surface area contributed by atoms with Crippen LogP contribution in [-0.2, 0) is 23.1 Å². The molecule has 1 aliphatic heterocycles. The van der Waals surface area contributed by atoms with Gasteiger partial charge < -0.3 is 14.8 Å². The van der Waals surface area contributed by atoms with Gasteiger partial charge in [-0.2, -0.15) is 0 Å². The van der Waals surface area contributed by atoms with Gasteiger partial charge in [0.15, 0.2) is 5.16 Å². The number of fused-ring (bicyclic) bond motifs is 1. The minimum Gasteiger partial charge on any atom is -0.323 e. The average Bonchev–Trinajstić information content (AvgIpc) is 3.30. The minimum absolute atomic E-state index is 0.0266. The monoisotopic (exact) mass is 399 g/mol. The fourth-order valence-corrected chi connectivity index (χ4v) is 4.36. The molecule has 2 aromatic heterocycles. The van der Waals surface area contributed by atoms with Crippen molar-refractivity contribution in [1.29, 1.82) is 0 Å². The number of para-hydroxylation sites is 2. The minimum atomic E-state index is -0.191. The predicted octanol–water partition coefficient (Wildman–Crippen LogP) is 2.54.